The summed E-state index contributed by atoms with van der Waals surface area (Å²) in [6.45, 7) is 3.89. The summed E-state index contributed by atoms with van der Waals surface area (Å²) in [5.41, 5.74) is 3.23. The van der Waals surface area contributed by atoms with Crippen molar-refractivity contribution < 1.29 is 26.9 Å². The van der Waals surface area contributed by atoms with Crippen LogP contribution < -0.4 is 19.1 Å². The Labute approximate surface area is 202 Å². The normalized spacial score (nSPS) is 11.1. The Hall–Kier alpha value is -3.82. The Morgan fingerprint density at radius 3 is 2.47 bits per heavy atom. The summed E-state index contributed by atoms with van der Waals surface area (Å²) in [7, 11) is -2.55. The van der Waals surface area contributed by atoms with Crippen LogP contribution in [-0.4, -0.2) is 34.3 Å². The Morgan fingerprint density at radius 1 is 1.06 bits per heavy atom. The molecule has 3 aromatic carbocycles. The first-order valence-electron chi connectivity index (χ1n) is 9.88. The van der Waals surface area contributed by atoms with E-state index in [9.17, 15) is 13.2 Å². The van der Waals surface area contributed by atoms with Crippen LogP contribution in [0.25, 0.3) is 0 Å². The van der Waals surface area contributed by atoms with Gasteiger partial charge in [0.2, 0.25) is 0 Å². The number of nitrogens with zero attached hydrogens (tertiary/aromatic N) is 1. The topological polar surface area (TPSA) is 103 Å². The van der Waals surface area contributed by atoms with Crippen LogP contribution in [-0.2, 0) is 10.1 Å². The number of benzene rings is 3. The lowest BCUT2D eigenvalue weighted by Gasteiger charge is -2.10. The number of amides is 1. The summed E-state index contributed by atoms with van der Waals surface area (Å²) in [5.74, 6) is 0.377. The molecule has 0 aliphatic carbocycles. The number of nitrogens with one attached hydrogen (secondary N) is 1. The molecule has 0 saturated carbocycles. The second kappa shape index (κ2) is 11.4. The fourth-order valence-electron chi connectivity index (χ4n) is 2.73. The highest BCUT2D eigenvalue weighted by molar-refractivity contribution is 7.87. The number of ether oxygens (including phenoxy) is 2. The number of rotatable bonds is 10. The summed E-state index contributed by atoms with van der Waals surface area (Å²) < 4.78 is 40.6. The third kappa shape index (κ3) is 6.37. The molecule has 34 heavy (non-hydrogen) atoms. The van der Waals surface area contributed by atoms with Crippen molar-refractivity contribution >= 4 is 33.8 Å². The zero-order chi connectivity index (χ0) is 24.6. The largest absolute Gasteiger partial charge is 0.493 e. The minimum Gasteiger partial charge on any atom is -0.493 e. The molecule has 0 radical (unpaired) electrons. The van der Waals surface area contributed by atoms with Gasteiger partial charge in [0.05, 0.1) is 18.3 Å². The summed E-state index contributed by atoms with van der Waals surface area (Å²) in [6, 6.07) is 16.8. The minimum atomic E-state index is -4.02. The molecule has 0 saturated heterocycles. The van der Waals surface area contributed by atoms with E-state index < -0.39 is 16.0 Å². The van der Waals surface area contributed by atoms with Crippen molar-refractivity contribution in [2.24, 2.45) is 5.10 Å². The lowest BCUT2D eigenvalue weighted by Crippen LogP contribution is -2.17. The highest BCUT2D eigenvalue weighted by Crippen LogP contribution is 2.29. The van der Waals surface area contributed by atoms with Crippen LogP contribution in [0.2, 0.25) is 5.02 Å². The molecule has 3 aromatic rings. The minimum absolute atomic E-state index is 0.0105. The van der Waals surface area contributed by atoms with E-state index >= 15 is 0 Å². The molecule has 1 N–H and O–H groups in total. The molecule has 0 atom stereocenters. The van der Waals surface area contributed by atoms with E-state index in [0.29, 0.717) is 29.2 Å². The average Bonchev–Trinajstić information content (AvgIpc) is 2.84. The van der Waals surface area contributed by atoms with E-state index in [1.807, 2.05) is 0 Å². The SMILES string of the molecule is C=CCOc1ccc(C(=O)N/N=C/c2ccc(OS(=O)(=O)c3ccccc3)c(Cl)c2)cc1OC. The summed E-state index contributed by atoms with van der Waals surface area (Å²) in [4.78, 5) is 12.4. The first-order chi connectivity index (χ1) is 16.3. The monoisotopic (exact) mass is 500 g/mol. The van der Waals surface area contributed by atoms with Crippen LogP contribution in [0, 0.1) is 0 Å². The molecule has 0 fully saturated rings. The van der Waals surface area contributed by atoms with Crippen molar-refractivity contribution in [2.75, 3.05) is 13.7 Å². The van der Waals surface area contributed by atoms with Crippen LogP contribution >= 0.6 is 11.6 Å². The highest BCUT2D eigenvalue weighted by atomic mass is 35.5. The van der Waals surface area contributed by atoms with E-state index in [1.165, 1.54) is 43.7 Å². The smallest absolute Gasteiger partial charge is 0.339 e. The van der Waals surface area contributed by atoms with Gasteiger partial charge in [-0.05, 0) is 54.1 Å². The van der Waals surface area contributed by atoms with E-state index in [-0.39, 0.29) is 15.7 Å². The number of carbonyl (C=O) groups is 1. The maximum absolute atomic E-state index is 12.4. The zero-order valence-electron chi connectivity index (χ0n) is 18.1. The second-order valence-electron chi connectivity index (χ2n) is 6.70. The summed E-state index contributed by atoms with van der Waals surface area (Å²) in [6.07, 6.45) is 2.96. The molecular weight excluding hydrogens is 480 g/mol. The van der Waals surface area contributed by atoms with Crippen LogP contribution in [0.5, 0.6) is 17.2 Å². The first-order valence-corrected chi connectivity index (χ1v) is 11.7. The standard InChI is InChI=1S/C24H21ClN2O6S/c1-3-13-32-22-12-10-18(15-23(22)31-2)24(28)27-26-16-17-9-11-21(20(25)14-17)33-34(29,30)19-7-5-4-6-8-19/h3-12,14-16H,1,13H2,2H3,(H,27,28)/b26-16+. The van der Waals surface area contributed by atoms with Crippen molar-refractivity contribution in [2.45, 2.75) is 4.90 Å². The lowest BCUT2D eigenvalue weighted by atomic mass is 10.2. The van der Waals surface area contributed by atoms with Gasteiger partial charge >= 0.3 is 10.1 Å². The molecule has 0 bridgehead atoms. The van der Waals surface area contributed by atoms with Crippen LogP contribution in [0.1, 0.15) is 15.9 Å². The number of hydrogen-bond acceptors (Lipinski definition) is 7. The van der Waals surface area contributed by atoms with E-state index in [0.717, 1.165) is 0 Å². The van der Waals surface area contributed by atoms with Crippen molar-refractivity contribution in [3.63, 3.8) is 0 Å². The van der Waals surface area contributed by atoms with Gasteiger partial charge < -0.3 is 13.7 Å². The number of hydrazone groups is 1. The molecule has 3 rings (SSSR count). The Morgan fingerprint density at radius 2 is 1.79 bits per heavy atom. The third-order valence-electron chi connectivity index (χ3n) is 4.35. The van der Waals surface area contributed by atoms with Gasteiger partial charge in [0.1, 0.15) is 11.5 Å². The molecule has 0 spiro atoms. The van der Waals surface area contributed by atoms with E-state index in [1.54, 1.807) is 42.5 Å². The van der Waals surface area contributed by atoms with E-state index in [2.05, 4.69) is 17.1 Å². The van der Waals surface area contributed by atoms with E-state index in [4.69, 9.17) is 25.3 Å². The first kappa shape index (κ1) is 24.8. The Kier molecular flexibility index (Phi) is 8.29. The van der Waals surface area contributed by atoms with Gasteiger partial charge in [-0.1, -0.05) is 42.5 Å². The molecule has 0 aliphatic rings. The third-order valence-corrected chi connectivity index (χ3v) is 5.89. The molecule has 0 aromatic heterocycles. The maximum Gasteiger partial charge on any atom is 0.339 e. The molecule has 176 valence electrons. The molecular formula is C24H21ClN2O6S. The fourth-order valence-corrected chi connectivity index (χ4v) is 3.97. The van der Waals surface area contributed by atoms with Crippen molar-refractivity contribution in [1.29, 1.82) is 0 Å². The quantitative estimate of drug-likeness (QED) is 0.191. The average molecular weight is 501 g/mol. The van der Waals surface area contributed by atoms with Gasteiger partial charge in [-0.3, -0.25) is 4.79 Å². The zero-order valence-corrected chi connectivity index (χ0v) is 19.7. The fraction of sp³-hybridized carbons (Fsp3) is 0.0833. The predicted molar refractivity (Wildman–Crippen MR) is 129 cm³/mol. The van der Waals surface area contributed by atoms with Gasteiger partial charge in [-0.2, -0.15) is 13.5 Å². The maximum atomic E-state index is 12.4. The van der Waals surface area contributed by atoms with Gasteiger partial charge in [0.15, 0.2) is 17.2 Å². The van der Waals surface area contributed by atoms with Crippen LogP contribution in [0.4, 0.5) is 0 Å². The second-order valence-corrected chi connectivity index (χ2v) is 8.66. The molecule has 0 aliphatic heterocycles. The molecule has 0 unspecified atom stereocenters. The Bertz CT molecular complexity index is 1310. The molecule has 8 nitrogen and oxygen atoms in total. The lowest BCUT2D eigenvalue weighted by molar-refractivity contribution is 0.0954. The van der Waals surface area contributed by atoms with Crippen molar-refractivity contribution in [3.8, 4) is 17.2 Å². The van der Waals surface area contributed by atoms with Gasteiger partial charge in [-0.25, -0.2) is 5.43 Å². The van der Waals surface area contributed by atoms with Crippen LogP contribution in [0.3, 0.4) is 0 Å². The van der Waals surface area contributed by atoms with Gasteiger partial charge in [-0.15, -0.1) is 0 Å². The molecule has 1 amide bonds. The van der Waals surface area contributed by atoms with Crippen LogP contribution in [0.15, 0.2) is 89.4 Å². The van der Waals surface area contributed by atoms with Crippen molar-refractivity contribution in [3.05, 3.63) is 95.5 Å². The Balaban J connectivity index is 1.65. The number of carbonyl (C=O) groups excluding carboxylic acids is 1. The van der Waals surface area contributed by atoms with Crippen molar-refractivity contribution in [1.82, 2.24) is 5.43 Å². The van der Waals surface area contributed by atoms with Gasteiger partial charge in [0, 0.05) is 5.56 Å². The molecule has 10 heteroatoms. The number of hydrogen-bond donors (Lipinski definition) is 1. The highest BCUT2D eigenvalue weighted by Gasteiger charge is 2.18. The number of halogens is 1. The van der Waals surface area contributed by atoms with Gasteiger partial charge in [0.25, 0.3) is 5.91 Å². The predicted octanol–water partition coefficient (Wildman–Crippen LogP) is 4.45. The molecule has 0 heterocycles. The summed E-state index contributed by atoms with van der Waals surface area (Å²) in [5, 5.41) is 3.98. The summed E-state index contributed by atoms with van der Waals surface area (Å²) >= 11 is 6.17. The number of methoxy groups -OCH3 is 1.